The molecule has 140 valence electrons. The summed E-state index contributed by atoms with van der Waals surface area (Å²) in [6, 6.07) is 8.04. The molecule has 0 radical (unpaired) electrons. The molecule has 3 heterocycles. The predicted molar refractivity (Wildman–Crippen MR) is 103 cm³/mol. The molecule has 8 heteroatoms. The van der Waals surface area contributed by atoms with Gasteiger partial charge in [-0.25, -0.2) is 9.37 Å². The van der Waals surface area contributed by atoms with Gasteiger partial charge in [-0.05, 0) is 63.2 Å². The first-order chi connectivity index (χ1) is 13.1. The summed E-state index contributed by atoms with van der Waals surface area (Å²) in [6.45, 7) is 3.45. The fourth-order valence-corrected chi connectivity index (χ4v) is 4.29. The first kappa shape index (κ1) is 17.8. The molecular formula is C19H20FN5OS. The van der Waals surface area contributed by atoms with Crippen LogP contribution in [0.5, 0.6) is 0 Å². The standard InChI is InChI=1S/C19H20FN5OS/c1-13-16(14-3-5-15(20)6-4-14)23-18(27-13)24-17(26)19(7-10-21-11-8-19)25-12-2-9-22-25/h2-6,9,12,21H,7-8,10-11H2,1H3,(H,23,24,26). The van der Waals surface area contributed by atoms with Crippen LogP contribution in [0, 0.1) is 12.7 Å². The first-order valence-electron chi connectivity index (χ1n) is 8.84. The minimum Gasteiger partial charge on any atom is -0.317 e. The molecule has 1 amide bonds. The summed E-state index contributed by atoms with van der Waals surface area (Å²) in [4.78, 5) is 18.8. The number of anilines is 1. The minimum atomic E-state index is -0.718. The Morgan fingerprint density at radius 2 is 2.04 bits per heavy atom. The lowest BCUT2D eigenvalue weighted by molar-refractivity contribution is -0.126. The van der Waals surface area contributed by atoms with Crippen LogP contribution in [-0.2, 0) is 10.3 Å². The Hall–Kier alpha value is -2.58. The summed E-state index contributed by atoms with van der Waals surface area (Å²) in [5.41, 5.74) is 0.868. The summed E-state index contributed by atoms with van der Waals surface area (Å²) in [6.07, 6.45) is 4.85. The maximum atomic E-state index is 13.2. The van der Waals surface area contributed by atoms with Crippen LogP contribution in [0.2, 0.25) is 0 Å². The van der Waals surface area contributed by atoms with Crippen molar-refractivity contribution < 1.29 is 9.18 Å². The number of thiazole rings is 1. The number of aryl methyl sites for hydroxylation is 1. The molecule has 2 N–H and O–H groups in total. The number of hydrogen-bond donors (Lipinski definition) is 2. The second-order valence-electron chi connectivity index (χ2n) is 6.62. The van der Waals surface area contributed by atoms with Crippen molar-refractivity contribution in [1.82, 2.24) is 20.1 Å². The minimum absolute atomic E-state index is 0.105. The normalized spacial score (nSPS) is 16.2. The number of rotatable bonds is 4. The zero-order valence-electron chi connectivity index (χ0n) is 14.9. The number of aromatic nitrogens is 3. The molecule has 27 heavy (non-hydrogen) atoms. The quantitative estimate of drug-likeness (QED) is 0.724. The van der Waals surface area contributed by atoms with Crippen LogP contribution in [0.25, 0.3) is 11.3 Å². The third-order valence-corrected chi connectivity index (χ3v) is 5.82. The Labute approximate surface area is 160 Å². The third-order valence-electron chi connectivity index (χ3n) is 4.93. The summed E-state index contributed by atoms with van der Waals surface area (Å²) >= 11 is 1.42. The van der Waals surface area contributed by atoms with Crippen LogP contribution in [0.4, 0.5) is 9.52 Å². The molecular weight excluding hydrogens is 365 g/mol. The van der Waals surface area contributed by atoms with Gasteiger partial charge in [-0.1, -0.05) is 0 Å². The zero-order valence-corrected chi connectivity index (χ0v) is 15.7. The van der Waals surface area contributed by atoms with Crippen molar-refractivity contribution in [3.63, 3.8) is 0 Å². The van der Waals surface area contributed by atoms with Crippen LogP contribution in [0.1, 0.15) is 17.7 Å². The maximum Gasteiger partial charge on any atom is 0.254 e. The van der Waals surface area contributed by atoms with Crippen LogP contribution < -0.4 is 10.6 Å². The van der Waals surface area contributed by atoms with Crippen molar-refractivity contribution >= 4 is 22.4 Å². The monoisotopic (exact) mass is 385 g/mol. The molecule has 4 rings (SSSR count). The van der Waals surface area contributed by atoms with Crippen molar-refractivity contribution in [2.75, 3.05) is 18.4 Å². The fraction of sp³-hybridized carbons (Fsp3) is 0.316. The van der Waals surface area contributed by atoms with Gasteiger partial charge in [0.2, 0.25) is 0 Å². The van der Waals surface area contributed by atoms with Gasteiger partial charge < -0.3 is 5.32 Å². The van der Waals surface area contributed by atoms with Crippen LogP contribution in [-0.4, -0.2) is 33.8 Å². The Bertz CT molecular complexity index is 930. The highest BCUT2D eigenvalue weighted by Crippen LogP contribution is 2.33. The number of amides is 1. The van der Waals surface area contributed by atoms with Gasteiger partial charge >= 0.3 is 0 Å². The van der Waals surface area contributed by atoms with E-state index < -0.39 is 5.54 Å². The molecule has 0 aliphatic carbocycles. The van der Waals surface area contributed by atoms with E-state index in [4.69, 9.17) is 0 Å². The van der Waals surface area contributed by atoms with Gasteiger partial charge in [0.15, 0.2) is 5.13 Å². The summed E-state index contributed by atoms with van der Waals surface area (Å²) in [5, 5.41) is 11.2. The van der Waals surface area contributed by atoms with E-state index in [1.54, 1.807) is 23.0 Å². The topological polar surface area (TPSA) is 71.8 Å². The van der Waals surface area contributed by atoms with E-state index in [0.29, 0.717) is 18.0 Å². The third kappa shape index (κ3) is 3.38. The van der Waals surface area contributed by atoms with Crippen LogP contribution in [0.15, 0.2) is 42.7 Å². The second kappa shape index (κ2) is 7.21. The summed E-state index contributed by atoms with van der Waals surface area (Å²) < 4.78 is 14.9. The fourth-order valence-electron chi connectivity index (χ4n) is 3.46. The van der Waals surface area contributed by atoms with Gasteiger partial charge in [0.25, 0.3) is 5.91 Å². The van der Waals surface area contributed by atoms with Gasteiger partial charge in [-0.3, -0.25) is 14.8 Å². The highest BCUT2D eigenvalue weighted by molar-refractivity contribution is 7.16. The lowest BCUT2D eigenvalue weighted by Crippen LogP contribution is -2.52. The number of benzene rings is 1. The van der Waals surface area contributed by atoms with Gasteiger partial charge in [0.05, 0.1) is 5.69 Å². The summed E-state index contributed by atoms with van der Waals surface area (Å²) in [5.74, 6) is -0.390. The van der Waals surface area contributed by atoms with Crippen molar-refractivity contribution in [1.29, 1.82) is 0 Å². The highest BCUT2D eigenvalue weighted by Gasteiger charge is 2.42. The number of carbonyl (C=O) groups is 1. The van der Waals surface area contributed by atoms with Crippen LogP contribution in [0.3, 0.4) is 0 Å². The van der Waals surface area contributed by atoms with Crippen molar-refractivity contribution in [3.8, 4) is 11.3 Å². The van der Waals surface area contributed by atoms with Crippen LogP contribution >= 0.6 is 11.3 Å². The van der Waals surface area contributed by atoms with E-state index in [0.717, 1.165) is 29.2 Å². The Morgan fingerprint density at radius 3 is 2.70 bits per heavy atom. The Kier molecular flexibility index (Phi) is 4.75. The lowest BCUT2D eigenvalue weighted by atomic mass is 9.87. The smallest absolute Gasteiger partial charge is 0.254 e. The van der Waals surface area contributed by atoms with E-state index in [9.17, 15) is 9.18 Å². The van der Waals surface area contributed by atoms with E-state index in [2.05, 4.69) is 20.7 Å². The number of halogens is 1. The van der Waals surface area contributed by atoms with Gasteiger partial charge in [0.1, 0.15) is 11.4 Å². The lowest BCUT2D eigenvalue weighted by Gasteiger charge is -2.36. The Morgan fingerprint density at radius 1 is 1.30 bits per heavy atom. The van der Waals surface area contributed by atoms with E-state index >= 15 is 0 Å². The molecule has 0 atom stereocenters. The number of nitrogens with one attached hydrogen (secondary N) is 2. The molecule has 3 aromatic rings. The van der Waals surface area contributed by atoms with Gasteiger partial charge in [-0.15, -0.1) is 11.3 Å². The molecule has 2 aromatic heterocycles. The van der Waals surface area contributed by atoms with Crippen molar-refractivity contribution in [2.45, 2.75) is 25.3 Å². The maximum absolute atomic E-state index is 13.2. The molecule has 0 unspecified atom stereocenters. The van der Waals surface area contributed by atoms with E-state index in [-0.39, 0.29) is 11.7 Å². The predicted octanol–water partition coefficient (Wildman–Crippen LogP) is 3.17. The van der Waals surface area contributed by atoms with Crippen molar-refractivity contribution in [2.24, 2.45) is 0 Å². The number of nitrogens with zero attached hydrogens (tertiary/aromatic N) is 3. The average Bonchev–Trinajstić information content (AvgIpc) is 3.33. The molecule has 0 saturated carbocycles. The molecule has 1 aliphatic heterocycles. The average molecular weight is 385 g/mol. The number of hydrogen-bond acceptors (Lipinski definition) is 5. The van der Waals surface area contributed by atoms with E-state index in [1.165, 1.54) is 23.5 Å². The molecule has 1 aliphatic rings. The molecule has 0 spiro atoms. The zero-order chi connectivity index (χ0) is 18.9. The second-order valence-corrected chi connectivity index (χ2v) is 7.82. The van der Waals surface area contributed by atoms with Gasteiger partial charge in [-0.2, -0.15) is 5.10 Å². The molecule has 0 bridgehead atoms. The molecule has 1 fully saturated rings. The highest BCUT2D eigenvalue weighted by atomic mass is 32.1. The molecule has 6 nitrogen and oxygen atoms in total. The molecule has 1 saturated heterocycles. The van der Waals surface area contributed by atoms with Gasteiger partial charge in [0, 0.05) is 22.8 Å². The first-order valence-corrected chi connectivity index (χ1v) is 9.66. The van der Waals surface area contributed by atoms with Crippen molar-refractivity contribution in [3.05, 3.63) is 53.4 Å². The largest absolute Gasteiger partial charge is 0.317 e. The van der Waals surface area contributed by atoms with E-state index in [1.807, 2.05) is 19.2 Å². The molecule has 1 aromatic carbocycles. The SMILES string of the molecule is Cc1sc(NC(=O)C2(n3cccn3)CCNCC2)nc1-c1ccc(F)cc1. The summed E-state index contributed by atoms with van der Waals surface area (Å²) in [7, 11) is 0. The Balaban J connectivity index is 1.60. The number of piperidine rings is 1. The number of carbonyl (C=O) groups excluding carboxylic acids is 1.